The molecule has 92 valence electrons. The van der Waals surface area contributed by atoms with Crippen LogP contribution in [0.15, 0.2) is 0 Å². The fraction of sp³-hybridized carbons (Fsp3) is 0.917. The van der Waals surface area contributed by atoms with Crippen LogP contribution in [0.2, 0.25) is 0 Å². The second kappa shape index (κ2) is 6.29. The molecular weight excluding hydrogens is 286 g/mol. The van der Waals surface area contributed by atoms with Crippen molar-refractivity contribution in [3.05, 3.63) is 0 Å². The summed E-state index contributed by atoms with van der Waals surface area (Å²) in [6.45, 7) is 2.00. The lowest BCUT2D eigenvalue weighted by molar-refractivity contribution is -0.132. The third-order valence-electron chi connectivity index (χ3n) is 3.55. The van der Waals surface area contributed by atoms with Gasteiger partial charge in [0.2, 0.25) is 5.91 Å². The first kappa shape index (κ1) is 12.7. The summed E-state index contributed by atoms with van der Waals surface area (Å²) in [5.74, 6) is 2.32. The highest BCUT2D eigenvalue weighted by molar-refractivity contribution is 9.09. The Balaban J connectivity index is 1.85. The Bertz CT molecular complexity index is 241. The molecule has 16 heavy (non-hydrogen) atoms. The number of thioether (sulfide) groups is 1. The molecule has 2 unspecified atom stereocenters. The number of piperidine rings is 1. The molecule has 0 saturated carbocycles. The van der Waals surface area contributed by atoms with E-state index in [0.29, 0.717) is 5.91 Å². The Hall–Kier alpha value is 0.300. The molecule has 2 rings (SSSR count). The molecule has 0 spiro atoms. The lowest BCUT2D eigenvalue weighted by atomic mass is 9.95. The van der Waals surface area contributed by atoms with E-state index in [-0.39, 0.29) is 5.25 Å². The molecule has 0 aromatic heterocycles. The number of hydrogen-bond acceptors (Lipinski definition) is 2. The first-order valence-electron chi connectivity index (χ1n) is 6.27. The topological polar surface area (TPSA) is 20.3 Å². The number of amides is 1. The van der Waals surface area contributed by atoms with Crippen LogP contribution in [0.25, 0.3) is 0 Å². The van der Waals surface area contributed by atoms with E-state index in [1.54, 1.807) is 0 Å². The van der Waals surface area contributed by atoms with Gasteiger partial charge in [-0.1, -0.05) is 15.9 Å². The number of carbonyl (C=O) groups excluding carboxylic acids is 1. The maximum Gasteiger partial charge on any atom is 0.235 e. The molecule has 2 atom stereocenters. The monoisotopic (exact) mass is 305 g/mol. The Labute approximate surface area is 111 Å². The molecule has 1 amide bonds. The van der Waals surface area contributed by atoms with Crippen LogP contribution in [0.1, 0.15) is 32.1 Å². The third-order valence-corrected chi connectivity index (χ3v) is 5.38. The van der Waals surface area contributed by atoms with E-state index in [4.69, 9.17) is 0 Å². The molecular formula is C12H20BrNOS. The number of carbonyl (C=O) groups is 1. The van der Waals surface area contributed by atoms with Crippen LogP contribution < -0.4 is 0 Å². The van der Waals surface area contributed by atoms with Crippen LogP contribution >= 0.6 is 27.7 Å². The Morgan fingerprint density at radius 3 is 2.94 bits per heavy atom. The first-order chi connectivity index (χ1) is 7.81. The van der Waals surface area contributed by atoms with Crippen molar-refractivity contribution < 1.29 is 4.79 Å². The van der Waals surface area contributed by atoms with Gasteiger partial charge in [0.25, 0.3) is 0 Å². The molecule has 2 aliphatic rings. The molecule has 0 aromatic rings. The Morgan fingerprint density at radius 1 is 1.38 bits per heavy atom. The molecule has 2 nitrogen and oxygen atoms in total. The van der Waals surface area contributed by atoms with Crippen molar-refractivity contribution in [2.75, 3.05) is 24.2 Å². The van der Waals surface area contributed by atoms with Gasteiger partial charge in [-0.3, -0.25) is 4.79 Å². The quantitative estimate of drug-likeness (QED) is 0.747. The highest BCUT2D eigenvalue weighted by Gasteiger charge is 2.30. The lowest BCUT2D eigenvalue weighted by Gasteiger charge is -2.34. The maximum absolute atomic E-state index is 12.2. The van der Waals surface area contributed by atoms with Crippen molar-refractivity contribution in [1.29, 1.82) is 0 Å². The van der Waals surface area contributed by atoms with Crippen LogP contribution in [0.5, 0.6) is 0 Å². The first-order valence-corrected chi connectivity index (χ1v) is 8.44. The van der Waals surface area contributed by atoms with E-state index in [1.165, 1.54) is 31.4 Å². The fourth-order valence-electron chi connectivity index (χ4n) is 2.63. The number of alkyl halides is 1. The van der Waals surface area contributed by atoms with Gasteiger partial charge in [0.15, 0.2) is 0 Å². The van der Waals surface area contributed by atoms with Gasteiger partial charge in [-0.05, 0) is 43.8 Å². The average molecular weight is 306 g/mol. The van der Waals surface area contributed by atoms with Crippen LogP contribution in [0.4, 0.5) is 0 Å². The van der Waals surface area contributed by atoms with E-state index < -0.39 is 0 Å². The van der Waals surface area contributed by atoms with Crippen molar-refractivity contribution in [2.24, 2.45) is 5.92 Å². The lowest BCUT2D eigenvalue weighted by Crippen LogP contribution is -2.43. The summed E-state index contributed by atoms with van der Waals surface area (Å²) in [5.41, 5.74) is 0. The maximum atomic E-state index is 12.2. The second-order valence-electron chi connectivity index (χ2n) is 4.77. The van der Waals surface area contributed by atoms with Crippen molar-refractivity contribution in [1.82, 2.24) is 4.90 Å². The molecule has 0 aliphatic carbocycles. The van der Waals surface area contributed by atoms with Crippen LogP contribution in [0, 0.1) is 5.92 Å². The van der Waals surface area contributed by atoms with E-state index in [9.17, 15) is 4.79 Å². The molecule has 0 radical (unpaired) electrons. The standard InChI is InChI=1S/C12H20BrNOS/c13-6-5-10-3-1-7-14(9-10)12(15)11-4-2-8-16-11/h10-11H,1-9H2. The SMILES string of the molecule is O=C(C1CCCS1)N1CCCC(CCBr)C1. The van der Waals surface area contributed by atoms with Crippen molar-refractivity contribution in [3.8, 4) is 0 Å². The zero-order valence-corrected chi connectivity index (χ0v) is 12.1. The second-order valence-corrected chi connectivity index (χ2v) is 6.88. The third kappa shape index (κ3) is 3.16. The minimum atomic E-state index is 0.280. The molecule has 2 saturated heterocycles. The molecule has 2 fully saturated rings. The Morgan fingerprint density at radius 2 is 2.25 bits per heavy atom. The molecule has 2 heterocycles. The fourth-order valence-corrected chi connectivity index (χ4v) is 4.52. The average Bonchev–Trinajstić information content (AvgIpc) is 2.82. The van der Waals surface area contributed by atoms with Crippen molar-refractivity contribution in [2.45, 2.75) is 37.4 Å². The predicted octanol–water partition coefficient (Wildman–Crippen LogP) is 2.91. The van der Waals surface area contributed by atoms with Gasteiger partial charge in [0, 0.05) is 18.4 Å². The Kier molecular flexibility index (Phi) is 5.01. The number of likely N-dealkylation sites (tertiary alicyclic amines) is 1. The summed E-state index contributed by atoms with van der Waals surface area (Å²) in [6.07, 6.45) is 6.03. The van der Waals surface area contributed by atoms with Gasteiger partial charge >= 0.3 is 0 Å². The molecule has 0 N–H and O–H groups in total. The minimum Gasteiger partial charge on any atom is -0.341 e. The van der Waals surface area contributed by atoms with Crippen molar-refractivity contribution >= 4 is 33.6 Å². The number of hydrogen-bond donors (Lipinski definition) is 0. The van der Waals surface area contributed by atoms with Gasteiger partial charge in [-0.15, -0.1) is 11.8 Å². The van der Waals surface area contributed by atoms with Crippen LogP contribution in [-0.2, 0) is 4.79 Å². The number of halogens is 1. The van der Waals surface area contributed by atoms with Crippen LogP contribution in [0.3, 0.4) is 0 Å². The van der Waals surface area contributed by atoms with Gasteiger partial charge < -0.3 is 4.90 Å². The summed E-state index contributed by atoms with van der Waals surface area (Å²) < 4.78 is 0. The number of nitrogens with zero attached hydrogens (tertiary/aromatic N) is 1. The summed E-state index contributed by atoms with van der Waals surface area (Å²) in [7, 11) is 0. The van der Waals surface area contributed by atoms with Gasteiger partial charge in [-0.2, -0.15) is 0 Å². The molecule has 0 aromatic carbocycles. The normalized spacial score (nSPS) is 30.7. The summed E-state index contributed by atoms with van der Waals surface area (Å²) in [6, 6.07) is 0. The molecule has 2 aliphatic heterocycles. The zero-order chi connectivity index (χ0) is 11.4. The van der Waals surface area contributed by atoms with Crippen LogP contribution in [-0.4, -0.2) is 40.2 Å². The highest BCUT2D eigenvalue weighted by Crippen LogP contribution is 2.29. The predicted molar refractivity (Wildman–Crippen MR) is 73.2 cm³/mol. The van der Waals surface area contributed by atoms with E-state index in [2.05, 4.69) is 20.8 Å². The summed E-state index contributed by atoms with van der Waals surface area (Å²) >= 11 is 5.36. The molecule has 4 heteroatoms. The minimum absolute atomic E-state index is 0.280. The van der Waals surface area contributed by atoms with Gasteiger partial charge in [0.1, 0.15) is 0 Å². The smallest absolute Gasteiger partial charge is 0.235 e. The largest absolute Gasteiger partial charge is 0.341 e. The highest BCUT2D eigenvalue weighted by atomic mass is 79.9. The van der Waals surface area contributed by atoms with E-state index in [1.807, 2.05) is 11.8 Å². The van der Waals surface area contributed by atoms with Gasteiger partial charge in [0.05, 0.1) is 5.25 Å². The zero-order valence-electron chi connectivity index (χ0n) is 9.66. The summed E-state index contributed by atoms with van der Waals surface area (Å²) in [4.78, 5) is 14.4. The van der Waals surface area contributed by atoms with Gasteiger partial charge in [-0.25, -0.2) is 0 Å². The molecule has 0 bridgehead atoms. The van der Waals surface area contributed by atoms with E-state index >= 15 is 0 Å². The van der Waals surface area contributed by atoms with Crippen molar-refractivity contribution in [3.63, 3.8) is 0 Å². The summed E-state index contributed by atoms with van der Waals surface area (Å²) in [5, 5.41) is 1.35. The van der Waals surface area contributed by atoms with E-state index in [0.717, 1.165) is 30.8 Å². The number of rotatable bonds is 3.